The van der Waals surface area contributed by atoms with Crippen molar-refractivity contribution in [2.45, 2.75) is 0 Å². The van der Waals surface area contributed by atoms with E-state index in [4.69, 9.17) is 10.2 Å². The molecule has 0 aliphatic heterocycles. The Hall–Kier alpha value is -2.94. The molecule has 9 heteroatoms. The Morgan fingerprint density at radius 3 is 1.52 bits per heavy atom. The molecule has 0 unspecified atom stereocenters. The summed E-state index contributed by atoms with van der Waals surface area (Å²) in [4.78, 5) is 36.6. The zero-order chi connectivity index (χ0) is 17.1. The first kappa shape index (κ1) is 18.4. The van der Waals surface area contributed by atoms with E-state index in [0.29, 0.717) is 11.0 Å². The smallest absolute Gasteiger partial charge is 0.335 e. The number of rotatable bonds is 2. The second kappa shape index (κ2) is 7.75. The number of benzene rings is 2. The average molecular weight is 519 g/mol. The fourth-order valence-corrected chi connectivity index (χ4v) is 2.04. The Morgan fingerprint density at radius 2 is 1.16 bits per heavy atom. The van der Waals surface area contributed by atoms with Crippen LogP contribution in [0.25, 0.3) is 22.1 Å². The van der Waals surface area contributed by atoms with Crippen molar-refractivity contribution >= 4 is 34.0 Å². The number of carboxylic acid groups (broad SMARTS) is 2. The van der Waals surface area contributed by atoms with Crippen molar-refractivity contribution in [3.8, 4) is 0 Å². The zero-order valence-corrected chi connectivity index (χ0v) is 14.6. The molecule has 8 nitrogen and oxygen atoms in total. The number of hydrogen-bond donors (Lipinski definition) is 2. The molecule has 0 spiro atoms. The maximum absolute atomic E-state index is 10.5. The number of aromatic nitrogens is 4. The van der Waals surface area contributed by atoms with Crippen LogP contribution in [-0.4, -0.2) is 32.1 Å². The van der Waals surface area contributed by atoms with Gasteiger partial charge in [0, 0.05) is 22.4 Å². The molecular formula is C16H10AuN4O4-2. The second-order valence-corrected chi connectivity index (χ2v) is 4.76. The van der Waals surface area contributed by atoms with Gasteiger partial charge in [0.1, 0.15) is 0 Å². The van der Waals surface area contributed by atoms with Crippen LogP contribution >= 0.6 is 0 Å². The van der Waals surface area contributed by atoms with Gasteiger partial charge in [0.25, 0.3) is 0 Å². The number of imidazole rings is 2. The van der Waals surface area contributed by atoms with Crippen molar-refractivity contribution in [1.29, 1.82) is 0 Å². The molecule has 131 valence electrons. The van der Waals surface area contributed by atoms with E-state index in [2.05, 4.69) is 19.9 Å². The van der Waals surface area contributed by atoms with Gasteiger partial charge in [-0.05, 0) is 46.3 Å². The molecule has 4 aromatic rings. The first-order valence-corrected chi connectivity index (χ1v) is 6.76. The quantitative estimate of drug-likeness (QED) is 0.384. The Balaban J connectivity index is 0.000000173. The first-order chi connectivity index (χ1) is 11.5. The monoisotopic (exact) mass is 519 g/mol. The number of nitrogens with zero attached hydrogens (tertiary/aromatic N) is 4. The van der Waals surface area contributed by atoms with Gasteiger partial charge in [0.05, 0.1) is 11.1 Å². The molecule has 0 saturated heterocycles. The van der Waals surface area contributed by atoms with Crippen LogP contribution in [0, 0.1) is 0 Å². The van der Waals surface area contributed by atoms with Gasteiger partial charge in [-0.25, -0.2) is 9.59 Å². The van der Waals surface area contributed by atoms with Crippen LogP contribution in [0.1, 0.15) is 20.7 Å². The normalized spacial score (nSPS) is 9.92. The van der Waals surface area contributed by atoms with Crippen molar-refractivity contribution in [3.05, 3.63) is 60.2 Å². The molecule has 2 aromatic heterocycles. The van der Waals surface area contributed by atoms with Crippen LogP contribution in [0.5, 0.6) is 0 Å². The maximum atomic E-state index is 10.5. The van der Waals surface area contributed by atoms with Crippen LogP contribution in [0.3, 0.4) is 0 Å². The third kappa shape index (κ3) is 4.13. The van der Waals surface area contributed by atoms with Gasteiger partial charge in [-0.2, -0.15) is 0 Å². The summed E-state index contributed by atoms with van der Waals surface area (Å²) >= 11 is 0. The van der Waals surface area contributed by atoms with Crippen molar-refractivity contribution in [1.82, 2.24) is 19.9 Å². The Kier molecular flexibility index (Phi) is 5.71. The molecule has 1 radical (unpaired) electrons. The summed E-state index contributed by atoms with van der Waals surface area (Å²) in [5, 5.41) is 17.3. The molecule has 0 bridgehead atoms. The van der Waals surface area contributed by atoms with Crippen LogP contribution in [0.2, 0.25) is 0 Å². The van der Waals surface area contributed by atoms with Crippen molar-refractivity contribution in [3.63, 3.8) is 0 Å². The first-order valence-electron chi connectivity index (χ1n) is 6.76. The molecular weight excluding hydrogens is 509 g/mol. The summed E-state index contributed by atoms with van der Waals surface area (Å²) in [6.45, 7) is 0. The zero-order valence-electron chi connectivity index (χ0n) is 12.4. The molecule has 0 fully saturated rings. The number of fused-ring (bicyclic) bond motifs is 2. The van der Waals surface area contributed by atoms with Crippen LogP contribution < -0.4 is 9.97 Å². The minimum Gasteiger partial charge on any atom is -0.478 e. The third-order valence-electron chi connectivity index (χ3n) is 3.23. The number of carbonyl (C=O) groups is 2. The van der Waals surface area contributed by atoms with Crippen LogP contribution in [-0.2, 0) is 22.4 Å². The van der Waals surface area contributed by atoms with Crippen molar-refractivity contribution in [2.75, 3.05) is 0 Å². The van der Waals surface area contributed by atoms with Crippen molar-refractivity contribution in [2.24, 2.45) is 0 Å². The molecule has 2 heterocycles. The summed E-state index contributed by atoms with van der Waals surface area (Å²) in [5.74, 6) is -1.89. The van der Waals surface area contributed by atoms with E-state index in [1.165, 1.54) is 36.9 Å². The van der Waals surface area contributed by atoms with Crippen LogP contribution in [0.4, 0.5) is 0 Å². The Morgan fingerprint density at radius 1 is 0.760 bits per heavy atom. The molecule has 4 rings (SSSR count). The molecule has 0 amide bonds. The summed E-state index contributed by atoms with van der Waals surface area (Å²) < 4.78 is 0. The average Bonchev–Trinajstić information content (AvgIpc) is 3.22. The van der Waals surface area contributed by atoms with E-state index in [1.807, 2.05) is 0 Å². The van der Waals surface area contributed by atoms with Gasteiger partial charge in [-0.1, -0.05) is 24.8 Å². The third-order valence-corrected chi connectivity index (χ3v) is 3.23. The van der Waals surface area contributed by atoms with Crippen molar-refractivity contribution < 1.29 is 42.2 Å². The molecule has 0 saturated carbocycles. The summed E-state index contributed by atoms with van der Waals surface area (Å²) in [6.07, 6.45) is 2.83. The van der Waals surface area contributed by atoms with Gasteiger partial charge in [0.2, 0.25) is 0 Å². The largest absolute Gasteiger partial charge is 0.478 e. The molecule has 0 aliphatic rings. The second-order valence-electron chi connectivity index (χ2n) is 4.76. The Bertz CT molecular complexity index is 957. The number of carboxylic acids is 2. The number of aromatic carboxylic acids is 2. The predicted octanol–water partition coefficient (Wildman–Crippen LogP) is 1.78. The standard InChI is InChI=1S/2C8H6N2O2.Au/c2*11-8(12)5-1-2-6-7(3-5)10-4-9-6;/h2*1-4H,(H2,9,10,11,12);/p-2. The predicted molar refractivity (Wildman–Crippen MR) is 84.0 cm³/mol. The Labute approximate surface area is 156 Å². The molecule has 0 atom stereocenters. The SMILES string of the molecule is O=C(O)c1ccc2nc[n-]c2c1.O=C(O)c1ccc2nc[n-]c2c1.[Au]. The minimum absolute atomic E-state index is 0. The minimum atomic E-state index is -0.945. The summed E-state index contributed by atoms with van der Waals surface area (Å²) in [6, 6.07) is 9.32. The topological polar surface area (TPSA) is 129 Å². The van der Waals surface area contributed by atoms with Gasteiger partial charge in [0.15, 0.2) is 0 Å². The molecule has 25 heavy (non-hydrogen) atoms. The maximum Gasteiger partial charge on any atom is 0.335 e. The van der Waals surface area contributed by atoms with Gasteiger partial charge in [-0.15, -0.1) is 0 Å². The van der Waals surface area contributed by atoms with Crippen LogP contribution in [0.15, 0.2) is 49.1 Å². The molecule has 0 aliphatic carbocycles. The van der Waals surface area contributed by atoms with E-state index < -0.39 is 11.9 Å². The summed E-state index contributed by atoms with van der Waals surface area (Å²) in [5.41, 5.74) is 3.16. The molecule has 2 aromatic carbocycles. The van der Waals surface area contributed by atoms with Gasteiger partial charge in [-0.3, -0.25) is 0 Å². The van der Waals surface area contributed by atoms with E-state index in [9.17, 15) is 9.59 Å². The number of hydrogen-bond acceptors (Lipinski definition) is 4. The fourth-order valence-electron chi connectivity index (χ4n) is 2.04. The van der Waals surface area contributed by atoms with E-state index in [1.54, 1.807) is 12.1 Å². The van der Waals surface area contributed by atoms with Gasteiger partial charge < -0.3 is 30.1 Å². The fraction of sp³-hybridized carbons (Fsp3) is 0. The van der Waals surface area contributed by atoms with Gasteiger partial charge >= 0.3 is 11.9 Å². The summed E-state index contributed by atoms with van der Waals surface area (Å²) in [7, 11) is 0. The van der Waals surface area contributed by atoms with E-state index >= 15 is 0 Å². The van der Waals surface area contributed by atoms with E-state index in [0.717, 1.165) is 11.0 Å². The molecule has 2 N–H and O–H groups in total. The van der Waals surface area contributed by atoms with E-state index in [-0.39, 0.29) is 33.5 Å².